The van der Waals surface area contributed by atoms with E-state index in [1.54, 1.807) is 0 Å². The van der Waals surface area contributed by atoms with Crippen molar-refractivity contribution in [3.05, 3.63) is 17.1 Å². The van der Waals surface area contributed by atoms with Crippen molar-refractivity contribution in [3.8, 4) is 0 Å². The Hall–Kier alpha value is -1.12. The van der Waals surface area contributed by atoms with Gasteiger partial charge in [0.2, 0.25) is 0 Å². The Labute approximate surface area is 92.3 Å². The van der Waals surface area contributed by atoms with Crippen LogP contribution in [0.3, 0.4) is 0 Å². The van der Waals surface area contributed by atoms with E-state index in [2.05, 4.69) is 43.0 Å². The van der Waals surface area contributed by atoms with E-state index in [-0.39, 0.29) is 0 Å². The minimum atomic E-state index is 0.463. The van der Waals surface area contributed by atoms with Gasteiger partial charge in [0, 0.05) is 17.8 Å². The van der Waals surface area contributed by atoms with E-state index in [0.29, 0.717) is 5.92 Å². The lowest BCUT2D eigenvalue weighted by Crippen LogP contribution is -2.10. The summed E-state index contributed by atoms with van der Waals surface area (Å²) in [5.74, 6) is 2.32. The largest absolute Gasteiger partial charge is 0.370 e. The van der Waals surface area contributed by atoms with Crippen LogP contribution in [0.1, 0.15) is 50.2 Å². The summed E-state index contributed by atoms with van der Waals surface area (Å²) in [6.07, 6.45) is 1.11. The molecule has 15 heavy (non-hydrogen) atoms. The van der Waals surface area contributed by atoms with Gasteiger partial charge in [-0.2, -0.15) is 0 Å². The Morgan fingerprint density at radius 1 is 1.20 bits per heavy atom. The van der Waals surface area contributed by atoms with E-state index in [0.717, 1.165) is 30.3 Å². The molecule has 0 aliphatic heterocycles. The number of nitrogens with one attached hydrogen (secondary N) is 1. The monoisotopic (exact) mass is 207 g/mol. The van der Waals surface area contributed by atoms with Crippen molar-refractivity contribution < 1.29 is 0 Å². The molecule has 1 N–H and O–H groups in total. The van der Waals surface area contributed by atoms with Crippen LogP contribution >= 0.6 is 0 Å². The van der Waals surface area contributed by atoms with Gasteiger partial charge in [0.05, 0.1) is 0 Å². The lowest BCUT2D eigenvalue weighted by atomic mass is 10.0. The molecule has 1 rings (SSSR count). The van der Waals surface area contributed by atoms with Gasteiger partial charge in [-0.25, -0.2) is 9.97 Å². The number of hydrogen-bond donors (Lipinski definition) is 1. The van der Waals surface area contributed by atoms with Gasteiger partial charge in [0.1, 0.15) is 11.6 Å². The molecule has 0 atom stereocenters. The van der Waals surface area contributed by atoms with Crippen LogP contribution in [0.2, 0.25) is 0 Å². The van der Waals surface area contributed by atoms with Gasteiger partial charge < -0.3 is 5.32 Å². The summed E-state index contributed by atoms with van der Waals surface area (Å²) < 4.78 is 0. The molecule has 3 heteroatoms. The molecule has 0 saturated heterocycles. The summed E-state index contributed by atoms with van der Waals surface area (Å²) in [6.45, 7) is 11.5. The second-order valence-electron chi connectivity index (χ2n) is 4.20. The normalized spacial score (nSPS) is 10.8. The number of nitrogens with zero attached hydrogens (tertiary/aromatic N) is 2. The maximum atomic E-state index is 4.47. The van der Waals surface area contributed by atoms with Crippen molar-refractivity contribution in [2.24, 2.45) is 0 Å². The second kappa shape index (κ2) is 5.10. The molecule has 1 aromatic rings. The van der Waals surface area contributed by atoms with Crippen LogP contribution in [0.15, 0.2) is 0 Å². The molecule has 0 amide bonds. The first-order valence-corrected chi connectivity index (χ1v) is 5.65. The number of aromatic nitrogens is 2. The quantitative estimate of drug-likeness (QED) is 0.824. The molecule has 1 aromatic heterocycles. The Kier molecular flexibility index (Phi) is 4.06. The third kappa shape index (κ3) is 2.91. The summed E-state index contributed by atoms with van der Waals surface area (Å²) in [6, 6.07) is 0. The molecule has 0 aliphatic carbocycles. The van der Waals surface area contributed by atoms with Crippen molar-refractivity contribution in [1.29, 1.82) is 0 Å². The van der Waals surface area contributed by atoms with Gasteiger partial charge in [-0.1, -0.05) is 20.8 Å². The number of anilines is 1. The summed E-state index contributed by atoms with van der Waals surface area (Å²) in [4.78, 5) is 8.88. The zero-order valence-corrected chi connectivity index (χ0v) is 10.4. The summed E-state index contributed by atoms with van der Waals surface area (Å²) >= 11 is 0. The van der Waals surface area contributed by atoms with Crippen molar-refractivity contribution in [3.63, 3.8) is 0 Å². The molecule has 0 aliphatic rings. The van der Waals surface area contributed by atoms with E-state index in [9.17, 15) is 0 Å². The highest BCUT2D eigenvalue weighted by molar-refractivity contribution is 5.48. The summed E-state index contributed by atoms with van der Waals surface area (Å²) in [5.41, 5.74) is 2.34. The van der Waals surface area contributed by atoms with E-state index < -0.39 is 0 Å². The van der Waals surface area contributed by atoms with Crippen molar-refractivity contribution in [2.45, 2.75) is 47.0 Å². The Morgan fingerprint density at radius 2 is 1.87 bits per heavy atom. The molecular weight excluding hydrogens is 186 g/mol. The first-order chi connectivity index (χ1) is 7.06. The van der Waals surface area contributed by atoms with Crippen LogP contribution in [-0.4, -0.2) is 16.5 Å². The molecule has 0 spiro atoms. The molecule has 0 bridgehead atoms. The predicted molar refractivity (Wildman–Crippen MR) is 64.4 cm³/mol. The Morgan fingerprint density at radius 3 is 2.40 bits per heavy atom. The number of aryl methyl sites for hydroxylation is 2. The smallest absolute Gasteiger partial charge is 0.133 e. The molecular formula is C12H21N3. The van der Waals surface area contributed by atoms with Gasteiger partial charge in [-0.3, -0.25) is 0 Å². The fourth-order valence-corrected chi connectivity index (χ4v) is 1.79. The highest BCUT2D eigenvalue weighted by Gasteiger charge is 2.12. The van der Waals surface area contributed by atoms with Crippen molar-refractivity contribution in [1.82, 2.24) is 9.97 Å². The van der Waals surface area contributed by atoms with Gasteiger partial charge in [-0.05, 0) is 26.2 Å². The fourth-order valence-electron chi connectivity index (χ4n) is 1.79. The van der Waals surface area contributed by atoms with Gasteiger partial charge >= 0.3 is 0 Å². The lowest BCUT2D eigenvalue weighted by Gasteiger charge is -2.16. The Bertz CT molecular complexity index is 332. The van der Waals surface area contributed by atoms with E-state index in [4.69, 9.17) is 0 Å². The first kappa shape index (κ1) is 12.0. The van der Waals surface area contributed by atoms with Crippen LogP contribution in [0.25, 0.3) is 0 Å². The standard InChI is InChI=1S/C12H21N3/c1-6-7-13-12-11(8(2)3)9(4)14-10(5)15-12/h8H,6-7H2,1-5H3,(H,13,14,15). The van der Waals surface area contributed by atoms with Gasteiger partial charge in [-0.15, -0.1) is 0 Å². The molecule has 0 unspecified atom stereocenters. The second-order valence-corrected chi connectivity index (χ2v) is 4.20. The highest BCUT2D eigenvalue weighted by atomic mass is 15.0. The summed E-state index contributed by atoms with van der Waals surface area (Å²) in [5, 5.41) is 3.37. The first-order valence-electron chi connectivity index (χ1n) is 5.65. The third-order valence-electron chi connectivity index (χ3n) is 2.37. The fraction of sp³-hybridized carbons (Fsp3) is 0.667. The third-order valence-corrected chi connectivity index (χ3v) is 2.37. The highest BCUT2D eigenvalue weighted by Crippen LogP contribution is 2.24. The van der Waals surface area contributed by atoms with E-state index >= 15 is 0 Å². The number of hydrogen-bond acceptors (Lipinski definition) is 3. The maximum absolute atomic E-state index is 4.47. The minimum absolute atomic E-state index is 0.463. The Balaban J connectivity index is 3.09. The molecule has 0 radical (unpaired) electrons. The zero-order chi connectivity index (χ0) is 11.4. The predicted octanol–water partition coefficient (Wildman–Crippen LogP) is 3.04. The molecule has 0 saturated carbocycles. The van der Waals surface area contributed by atoms with Crippen LogP contribution in [0, 0.1) is 13.8 Å². The van der Waals surface area contributed by atoms with Crippen molar-refractivity contribution >= 4 is 5.82 Å². The lowest BCUT2D eigenvalue weighted by molar-refractivity contribution is 0.815. The average Bonchev–Trinajstić information content (AvgIpc) is 2.12. The maximum Gasteiger partial charge on any atom is 0.133 e. The van der Waals surface area contributed by atoms with E-state index in [1.165, 1.54) is 5.56 Å². The summed E-state index contributed by atoms with van der Waals surface area (Å²) in [7, 11) is 0. The van der Waals surface area contributed by atoms with Gasteiger partial charge in [0.25, 0.3) is 0 Å². The van der Waals surface area contributed by atoms with Crippen molar-refractivity contribution in [2.75, 3.05) is 11.9 Å². The average molecular weight is 207 g/mol. The molecule has 1 heterocycles. The molecule has 0 fully saturated rings. The molecule has 3 nitrogen and oxygen atoms in total. The molecule has 84 valence electrons. The van der Waals surface area contributed by atoms with Gasteiger partial charge in [0.15, 0.2) is 0 Å². The topological polar surface area (TPSA) is 37.8 Å². The zero-order valence-electron chi connectivity index (χ0n) is 10.4. The molecule has 0 aromatic carbocycles. The van der Waals surface area contributed by atoms with Crippen LogP contribution in [-0.2, 0) is 0 Å². The SMILES string of the molecule is CCCNc1nc(C)nc(C)c1C(C)C. The van der Waals surface area contributed by atoms with Crippen LogP contribution < -0.4 is 5.32 Å². The van der Waals surface area contributed by atoms with Crippen LogP contribution in [0.4, 0.5) is 5.82 Å². The van der Waals surface area contributed by atoms with E-state index in [1.807, 2.05) is 6.92 Å². The van der Waals surface area contributed by atoms with Crippen LogP contribution in [0.5, 0.6) is 0 Å². The number of rotatable bonds is 4. The minimum Gasteiger partial charge on any atom is -0.370 e.